The van der Waals surface area contributed by atoms with E-state index in [-0.39, 0.29) is 12.2 Å². The van der Waals surface area contributed by atoms with E-state index in [0.717, 1.165) is 18.4 Å². The molecule has 0 aliphatic heterocycles. The van der Waals surface area contributed by atoms with E-state index in [2.05, 4.69) is 4.98 Å². The summed E-state index contributed by atoms with van der Waals surface area (Å²) in [6, 6.07) is 3.81. The second-order valence-corrected chi connectivity index (χ2v) is 4.86. The predicted molar refractivity (Wildman–Crippen MR) is 69.1 cm³/mol. The van der Waals surface area contributed by atoms with Crippen molar-refractivity contribution in [2.75, 3.05) is 7.05 Å². The molecule has 1 aromatic rings. The number of hydrogen-bond acceptors (Lipinski definition) is 3. The molecule has 18 heavy (non-hydrogen) atoms. The molecule has 1 saturated carbocycles. The van der Waals surface area contributed by atoms with Crippen LogP contribution in [0.4, 0.5) is 4.79 Å². The van der Waals surface area contributed by atoms with Gasteiger partial charge in [-0.1, -0.05) is 6.42 Å². The van der Waals surface area contributed by atoms with Crippen LogP contribution in [0.15, 0.2) is 24.5 Å². The highest BCUT2D eigenvalue weighted by Crippen LogP contribution is 2.21. The maximum atomic E-state index is 11.9. The van der Waals surface area contributed by atoms with Crippen LogP contribution in [-0.2, 0) is 11.3 Å². The Balaban J connectivity index is 1.81. The molecule has 1 heterocycles. The maximum absolute atomic E-state index is 11.9. The highest BCUT2D eigenvalue weighted by molar-refractivity contribution is 5.67. The number of rotatable bonds is 3. The average Bonchev–Trinajstić information content (AvgIpc) is 2.41. The average molecular weight is 248 g/mol. The summed E-state index contributed by atoms with van der Waals surface area (Å²) in [5, 5.41) is 0. The topological polar surface area (TPSA) is 42.4 Å². The first kappa shape index (κ1) is 12.9. The van der Waals surface area contributed by atoms with Gasteiger partial charge in [-0.2, -0.15) is 0 Å². The van der Waals surface area contributed by atoms with Crippen LogP contribution in [-0.4, -0.2) is 29.1 Å². The van der Waals surface area contributed by atoms with E-state index in [1.54, 1.807) is 24.3 Å². The normalized spacial score (nSPS) is 16.3. The molecule has 0 radical (unpaired) electrons. The molecular formula is C14H20N2O2. The van der Waals surface area contributed by atoms with Gasteiger partial charge < -0.3 is 9.64 Å². The minimum Gasteiger partial charge on any atom is -0.446 e. The fourth-order valence-corrected chi connectivity index (χ4v) is 2.24. The number of pyridine rings is 1. The number of carbonyl (C=O) groups excluding carboxylic acids is 1. The lowest BCUT2D eigenvalue weighted by Gasteiger charge is -2.25. The van der Waals surface area contributed by atoms with E-state index in [4.69, 9.17) is 4.74 Å². The summed E-state index contributed by atoms with van der Waals surface area (Å²) in [5.74, 6) is 0. The van der Waals surface area contributed by atoms with E-state index >= 15 is 0 Å². The minimum absolute atomic E-state index is 0.117. The number of amides is 1. The molecule has 98 valence electrons. The first-order chi connectivity index (χ1) is 8.75. The lowest BCUT2D eigenvalue weighted by molar-refractivity contribution is 0.0497. The number of carbonyl (C=O) groups is 1. The summed E-state index contributed by atoms with van der Waals surface area (Å²) in [6.07, 6.45) is 8.98. The molecule has 4 heteroatoms. The zero-order valence-corrected chi connectivity index (χ0v) is 10.8. The van der Waals surface area contributed by atoms with E-state index in [1.807, 2.05) is 12.1 Å². The molecule has 4 nitrogen and oxygen atoms in total. The monoisotopic (exact) mass is 248 g/mol. The Morgan fingerprint density at radius 3 is 2.67 bits per heavy atom. The van der Waals surface area contributed by atoms with Crippen LogP contribution >= 0.6 is 0 Å². The molecule has 0 N–H and O–H groups in total. The van der Waals surface area contributed by atoms with Crippen LogP contribution in [0.5, 0.6) is 0 Å². The number of hydrogen-bond donors (Lipinski definition) is 0. The fourth-order valence-electron chi connectivity index (χ4n) is 2.24. The van der Waals surface area contributed by atoms with Gasteiger partial charge in [0.25, 0.3) is 0 Å². The molecular weight excluding hydrogens is 228 g/mol. The number of ether oxygens (including phenoxy) is 1. The molecule has 1 aromatic heterocycles. The molecule has 0 aromatic carbocycles. The molecule has 0 unspecified atom stereocenters. The van der Waals surface area contributed by atoms with Gasteiger partial charge in [0.05, 0.1) is 0 Å². The summed E-state index contributed by atoms with van der Waals surface area (Å²) in [5.41, 5.74) is 1.06. The van der Waals surface area contributed by atoms with E-state index < -0.39 is 0 Å². The van der Waals surface area contributed by atoms with Gasteiger partial charge >= 0.3 is 6.09 Å². The van der Waals surface area contributed by atoms with Gasteiger partial charge in [0, 0.05) is 26.0 Å². The number of nitrogens with zero attached hydrogens (tertiary/aromatic N) is 2. The highest BCUT2D eigenvalue weighted by atomic mass is 16.6. The molecule has 1 aliphatic rings. The first-order valence-corrected chi connectivity index (χ1v) is 6.56. The Morgan fingerprint density at radius 2 is 2.00 bits per heavy atom. The highest BCUT2D eigenvalue weighted by Gasteiger charge is 2.19. The minimum atomic E-state index is -0.223. The van der Waals surface area contributed by atoms with Crippen molar-refractivity contribution in [1.82, 2.24) is 9.88 Å². The lowest BCUT2D eigenvalue weighted by Crippen LogP contribution is -2.31. The maximum Gasteiger partial charge on any atom is 0.410 e. The Hall–Kier alpha value is -1.58. The Kier molecular flexibility index (Phi) is 4.56. The fraction of sp³-hybridized carbons (Fsp3) is 0.571. The summed E-state index contributed by atoms with van der Waals surface area (Å²) in [6.45, 7) is 0.564. The Labute approximate surface area is 108 Å². The van der Waals surface area contributed by atoms with Crippen LogP contribution in [0.25, 0.3) is 0 Å². The van der Waals surface area contributed by atoms with E-state index in [0.29, 0.717) is 6.54 Å². The largest absolute Gasteiger partial charge is 0.446 e. The van der Waals surface area contributed by atoms with Crippen molar-refractivity contribution in [1.29, 1.82) is 0 Å². The SMILES string of the molecule is CN(Cc1ccncc1)C(=O)OC1CCCCC1. The Morgan fingerprint density at radius 1 is 1.33 bits per heavy atom. The standard InChI is InChI=1S/C14H20N2O2/c1-16(11-12-7-9-15-10-8-12)14(17)18-13-5-3-2-4-6-13/h7-10,13H,2-6,11H2,1H3. The van der Waals surface area contributed by atoms with Crippen molar-refractivity contribution in [3.8, 4) is 0 Å². The molecule has 0 bridgehead atoms. The number of aromatic nitrogens is 1. The van der Waals surface area contributed by atoms with Gasteiger partial charge in [0.1, 0.15) is 6.10 Å². The third kappa shape index (κ3) is 3.72. The summed E-state index contributed by atoms with van der Waals surface area (Å²) >= 11 is 0. The molecule has 0 atom stereocenters. The lowest BCUT2D eigenvalue weighted by atomic mass is 9.98. The zero-order chi connectivity index (χ0) is 12.8. The first-order valence-electron chi connectivity index (χ1n) is 6.56. The third-order valence-electron chi connectivity index (χ3n) is 3.30. The second-order valence-electron chi connectivity index (χ2n) is 4.86. The van der Waals surface area contributed by atoms with Gasteiger partial charge in [-0.05, 0) is 43.4 Å². The van der Waals surface area contributed by atoms with Crippen molar-refractivity contribution >= 4 is 6.09 Å². The van der Waals surface area contributed by atoms with Crippen molar-refractivity contribution in [2.45, 2.75) is 44.8 Å². The van der Waals surface area contributed by atoms with Gasteiger partial charge in [-0.25, -0.2) is 4.79 Å². The van der Waals surface area contributed by atoms with Crippen molar-refractivity contribution in [2.24, 2.45) is 0 Å². The second kappa shape index (κ2) is 6.38. The van der Waals surface area contributed by atoms with Crippen LogP contribution in [0.1, 0.15) is 37.7 Å². The molecule has 0 saturated heterocycles. The molecule has 1 fully saturated rings. The predicted octanol–water partition coefficient (Wildman–Crippen LogP) is 2.98. The summed E-state index contributed by atoms with van der Waals surface area (Å²) in [4.78, 5) is 17.5. The van der Waals surface area contributed by atoms with Crippen molar-refractivity contribution < 1.29 is 9.53 Å². The van der Waals surface area contributed by atoms with Crippen LogP contribution in [0, 0.1) is 0 Å². The third-order valence-corrected chi connectivity index (χ3v) is 3.30. The van der Waals surface area contributed by atoms with Gasteiger partial charge in [-0.3, -0.25) is 4.98 Å². The quantitative estimate of drug-likeness (QED) is 0.825. The van der Waals surface area contributed by atoms with Gasteiger partial charge in [-0.15, -0.1) is 0 Å². The van der Waals surface area contributed by atoms with Crippen molar-refractivity contribution in [3.63, 3.8) is 0 Å². The van der Waals surface area contributed by atoms with E-state index in [9.17, 15) is 4.79 Å². The summed E-state index contributed by atoms with van der Waals surface area (Å²) < 4.78 is 5.50. The Bertz CT molecular complexity index is 375. The summed E-state index contributed by atoms with van der Waals surface area (Å²) in [7, 11) is 1.77. The van der Waals surface area contributed by atoms with Crippen LogP contribution in [0.2, 0.25) is 0 Å². The van der Waals surface area contributed by atoms with Gasteiger partial charge in [0.15, 0.2) is 0 Å². The van der Waals surface area contributed by atoms with Crippen molar-refractivity contribution in [3.05, 3.63) is 30.1 Å². The van der Waals surface area contributed by atoms with Crippen LogP contribution < -0.4 is 0 Å². The smallest absolute Gasteiger partial charge is 0.410 e. The van der Waals surface area contributed by atoms with E-state index in [1.165, 1.54) is 19.3 Å². The molecule has 1 aliphatic carbocycles. The zero-order valence-electron chi connectivity index (χ0n) is 10.8. The molecule has 2 rings (SSSR count). The van der Waals surface area contributed by atoms with Gasteiger partial charge in [0.2, 0.25) is 0 Å². The molecule has 0 spiro atoms. The van der Waals surface area contributed by atoms with Crippen LogP contribution in [0.3, 0.4) is 0 Å². The molecule has 1 amide bonds.